The topological polar surface area (TPSA) is 69.3 Å². The van der Waals surface area contributed by atoms with Crippen molar-refractivity contribution in [3.8, 4) is 0 Å². The fourth-order valence-electron chi connectivity index (χ4n) is 3.32. The number of halogens is 1. The van der Waals surface area contributed by atoms with Gasteiger partial charge < -0.3 is 4.90 Å². The predicted molar refractivity (Wildman–Crippen MR) is 82.2 cm³/mol. The first-order chi connectivity index (χ1) is 10.0. The highest BCUT2D eigenvalue weighted by Crippen LogP contribution is 2.33. The monoisotopic (exact) mass is 326 g/mol. The molecule has 0 radical (unpaired) electrons. The second-order valence-corrected chi connectivity index (χ2v) is 8.05. The van der Waals surface area contributed by atoms with Gasteiger partial charge in [0.2, 0.25) is 10.0 Å². The molecule has 8 heteroatoms. The van der Waals surface area contributed by atoms with E-state index < -0.39 is 10.0 Å². The highest BCUT2D eigenvalue weighted by molar-refractivity contribution is 7.89. The van der Waals surface area contributed by atoms with Crippen molar-refractivity contribution in [2.45, 2.75) is 12.5 Å². The molecular weight excluding hydrogens is 312 g/mol. The minimum absolute atomic E-state index is 0.0738. The van der Waals surface area contributed by atoms with E-state index in [0.717, 1.165) is 16.6 Å². The summed E-state index contributed by atoms with van der Waals surface area (Å²) < 4.78 is 25.5. The minimum atomic E-state index is -3.03. The standard InChI is InChI=1S/C13H15ClN4O2S/c14-9-5-12-11(7-15-16-12)13(6-9)17-2-3-18-10(8-17)1-4-21(18,19)20/h5-7,10H,1-4,8H2,(H,15,16). The molecule has 0 saturated carbocycles. The summed E-state index contributed by atoms with van der Waals surface area (Å²) in [7, 11) is -3.03. The summed E-state index contributed by atoms with van der Waals surface area (Å²) in [5, 5.41) is 8.68. The maximum atomic E-state index is 11.9. The molecule has 2 aliphatic heterocycles. The van der Waals surface area contributed by atoms with Crippen molar-refractivity contribution in [1.29, 1.82) is 0 Å². The van der Waals surface area contributed by atoms with E-state index in [-0.39, 0.29) is 11.8 Å². The summed E-state index contributed by atoms with van der Waals surface area (Å²) in [4.78, 5) is 2.21. The second kappa shape index (κ2) is 4.59. The van der Waals surface area contributed by atoms with E-state index in [1.165, 1.54) is 0 Å². The minimum Gasteiger partial charge on any atom is -0.368 e. The first kappa shape index (κ1) is 13.4. The fraction of sp³-hybridized carbons (Fsp3) is 0.462. The number of aromatic amines is 1. The van der Waals surface area contributed by atoms with Crippen LogP contribution in [0.1, 0.15) is 6.42 Å². The van der Waals surface area contributed by atoms with Crippen LogP contribution in [-0.2, 0) is 10.0 Å². The molecule has 112 valence electrons. The smallest absolute Gasteiger partial charge is 0.214 e. The Morgan fingerprint density at radius 1 is 1.33 bits per heavy atom. The van der Waals surface area contributed by atoms with Gasteiger partial charge in [-0.25, -0.2) is 8.42 Å². The van der Waals surface area contributed by atoms with Gasteiger partial charge in [0, 0.05) is 41.8 Å². The van der Waals surface area contributed by atoms with Crippen LogP contribution in [-0.4, -0.2) is 54.3 Å². The molecule has 0 amide bonds. The Morgan fingerprint density at radius 3 is 3.05 bits per heavy atom. The molecule has 0 bridgehead atoms. The maximum absolute atomic E-state index is 11.9. The summed E-state index contributed by atoms with van der Waals surface area (Å²) in [5.41, 5.74) is 1.93. The molecule has 2 fully saturated rings. The zero-order valence-electron chi connectivity index (χ0n) is 11.3. The lowest BCUT2D eigenvalue weighted by Crippen LogP contribution is -2.51. The lowest BCUT2D eigenvalue weighted by Gasteiger charge is -2.37. The molecule has 1 N–H and O–H groups in total. The van der Waals surface area contributed by atoms with Crippen LogP contribution in [0.25, 0.3) is 10.9 Å². The first-order valence-corrected chi connectivity index (χ1v) is 8.90. The van der Waals surface area contributed by atoms with Crippen LogP contribution in [0.5, 0.6) is 0 Å². The van der Waals surface area contributed by atoms with Crippen molar-refractivity contribution in [2.24, 2.45) is 0 Å². The number of benzene rings is 1. The molecule has 6 nitrogen and oxygen atoms in total. The van der Waals surface area contributed by atoms with Crippen LogP contribution in [0.3, 0.4) is 0 Å². The van der Waals surface area contributed by atoms with Gasteiger partial charge in [0.1, 0.15) is 0 Å². The molecule has 0 spiro atoms. The van der Waals surface area contributed by atoms with E-state index >= 15 is 0 Å². The third kappa shape index (κ3) is 2.11. The second-order valence-electron chi connectivity index (χ2n) is 5.57. The Morgan fingerprint density at radius 2 is 2.19 bits per heavy atom. The van der Waals surface area contributed by atoms with E-state index in [2.05, 4.69) is 15.1 Å². The molecule has 2 aliphatic rings. The number of piperazine rings is 1. The summed E-state index contributed by atoms with van der Waals surface area (Å²) in [6.07, 6.45) is 2.49. The van der Waals surface area contributed by atoms with Crippen LogP contribution in [0.2, 0.25) is 5.02 Å². The molecule has 2 aromatic rings. The van der Waals surface area contributed by atoms with Gasteiger partial charge in [-0.15, -0.1) is 0 Å². The number of aromatic nitrogens is 2. The van der Waals surface area contributed by atoms with E-state index in [9.17, 15) is 8.42 Å². The first-order valence-electron chi connectivity index (χ1n) is 6.92. The molecule has 4 rings (SSSR count). The van der Waals surface area contributed by atoms with Gasteiger partial charge in [-0.3, -0.25) is 5.10 Å². The summed E-state index contributed by atoms with van der Waals surface area (Å²) in [6.45, 7) is 1.93. The zero-order valence-corrected chi connectivity index (χ0v) is 12.9. The van der Waals surface area contributed by atoms with Crippen LogP contribution in [0, 0.1) is 0 Å². The molecule has 2 saturated heterocycles. The van der Waals surface area contributed by atoms with Crippen molar-refractivity contribution in [3.05, 3.63) is 23.4 Å². The lowest BCUT2D eigenvalue weighted by atomic mass is 10.1. The van der Waals surface area contributed by atoms with E-state index in [0.29, 0.717) is 31.1 Å². The third-order valence-electron chi connectivity index (χ3n) is 4.34. The Bertz CT molecular complexity index is 804. The molecular formula is C13H15ClN4O2S. The largest absolute Gasteiger partial charge is 0.368 e. The lowest BCUT2D eigenvalue weighted by molar-refractivity contribution is 0.311. The Labute approximate surface area is 127 Å². The summed E-state index contributed by atoms with van der Waals surface area (Å²) in [5.74, 6) is 0.266. The number of H-pyrrole nitrogens is 1. The van der Waals surface area contributed by atoms with Gasteiger partial charge in [-0.05, 0) is 18.6 Å². The number of anilines is 1. The van der Waals surface area contributed by atoms with Crippen LogP contribution >= 0.6 is 11.6 Å². The zero-order chi connectivity index (χ0) is 14.6. The van der Waals surface area contributed by atoms with Crippen molar-refractivity contribution < 1.29 is 8.42 Å². The van der Waals surface area contributed by atoms with Crippen molar-refractivity contribution in [1.82, 2.24) is 14.5 Å². The van der Waals surface area contributed by atoms with Gasteiger partial charge in [0.05, 0.1) is 17.5 Å². The van der Waals surface area contributed by atoms with Crippen molar-refractivity contribution in [2.75, 3.05) is 30.3 Å². The van der Waals surface area contributed by atoms with Crippen molar-refractivity contribution >= 4 is 38.2 Å². The number of hydrogen-bond donors (Lipinski definition) is 1. The number of sulfonamides is 1. The summed E-state index contributed by atoms with van der Waals surface area (Å²) in [6, 6.07) is 3.85. The summed E-state index contributed by atoms with van der Waals surface area (Å²) >= 11 is 6.18. The molecule has 21 heavy (non-hydrogen) atoms. The predicted octanol–water partition coefficient (Wildman–Crippen LogP) is 1.44. The van der Waals surface area contributed by atoms with Crippen LogP contribution in [0.4, 0.5) is 5.69 Å². The van der Waals surface area contributed by atoms with Gasteiger partial charge in [0.15, 0.2) is 0 Å². The average molecular weight is 327 g/mol. The number of nitrogens with zero attached hydrogens (tertiary/aromatic N) is 3. The Balaban J connectivity index is 1.70. The third-order valence-corrected chi connectivity index (χ3v) is 6.50. The van der Waals surface area contributed by atoms with E-state index in [1.54, 1.807) is 10.5 Å². The number of fused-ring (bicyclic) bond motifs is 2. The average Bonchev–Trinajstić information content (AvgIpc) is 3.02. The van der Waals surface area contributed by atoms with Crippen LogP contribution in [0.15, 0.2) is 18.3 Å². The highest BCUT2D eigenvalue weighted by atomic mass is 35.5. The fourth-order valence-corrected chi connectivity index (χ4v) is 5.32. The SMILES string of the molecule is O=S1(=O)CCC2CN(c3cc(Cl)cc4[nH]ncc34)CCN21. The Hall–Kier alpha value is -1.31. The van der Waals surface area contributed by atoms with Gasteiger partial charge in [-0.2, -0.15) is 9.40 Å². The quantitative estimate of drug-likeness (QED) is 0.861. The maximum Gasteiger partial charge on any atom is 0.214 e. The van der Waals surface area contributed by atoms with Crippen LogP contribution < -0.4 is 4.90 Å². The Kier molecular flexibility index (Phi) is 2.92. The van der Waals surface area contributed by atoms with Crippen molar-refractivity contribution in [3.63, 3.8) is 0 Å². The number of rotatable bonds is 1. The van der Waals surface area contributed by atoms with Gasteiger partial charge in [0.25, 0.3) is 0 Å². The van der Waals surface area contributed by atoms with Gasteiger partial charge >= 0.3 is 0 Å². The number of nitrogens with one attached hydrogen (secondary N) is 1. The van der Waals surface area contributed by atoms with Gasteiger partial charge in [-0.1, -0.05) is 11.6 Å². The van der Waals surface area contributed by atoms with E-state index in [1.807, 2.05) is 12.1 Å². The molecule has 1 unspecified atom stereocenters. The highest BCUT2D eigenvalue weighted by Gasteiger charge is 2.41. The molecule has 1 aromatic carbocycles. The molecule has 1 aromatic heterocycles. The molecule has 0 aliphatic carbocycles. The number of hydrogen-bond acceptors (Lipinski definition) is 4. The molecule has 3 heterocycles. The van der Waals surface area contributed by atoms with E-state index in [4.69, 9.17) is 11.6 Å². The normalized spacial score (nSPS) is 25.4. The molecule has 1 atom stereocenters.